The highest BCUT2D eigenvalue weighted by Gasteiger charge is 2.12. The van der Waals surface area contributed by atoms with E-state index < -0.39 is 0 Å². The van der Waals surface area contributed by atoms with Gasteiger partial charge in [-0.05, 0) is 0 Å². The normalized spacial score (nSPS) is 22.5. The van der Waals surface area contributed by atoms with Crippen LogP contribution in [0.25, 0.3) is 0 Å². The van der Waals surface area contributed by atoms with E-state index >= 15 is 0 Å². The summed E-state index contributed by atoms with van der Waals surface area (Å²) in [5.74, 6) is 0. The lowest BCUT2D eigenvalue weighted by atomic mass is 10.0. The first kappa shape index (κ1) is 8.31. The van der Waals surface area contributed by atoms with Crippen molar-refractivity contribution in [2.75, 3.05) is 0 Å². The summed E-state index contributed by atoms with van der Waals surface area (Å²) in [5.41, 5.74) is 1.24. The van der Waals surface area contributed by atoms with Gasteiger partial charge in [0.1, 0.15) is 0 Å². The Hall–Kier alpha value is 0.217. The fraction of sp³-hybridized carbons (Fsp3) is 1.00. The van der Waals surface area contributed by atoms with Gasteiger partial charge in [-0.3, -0.25) is 0 Å². The lowest BCUT2D eigenvalue weighted by molar-refractivity contribution is 0.499. The van der Waals surface area contributed by atoms with Crippen LogP contribution in [0.1, 0.15) is 45.4 Å². The van der Waals surface area contributed by atoms with Crippen LogP contribution in [0.4, 0.5) is 0 Å². The molecule has 0 nitrogen and oxygen atoms in total. The molecule has 0 amide bonds. The molecule has 0 atom stereocenters. The van der Waals surface area contributed by atoms with Gasteiger partial charge in [-0.25, -0.2) is 0 Å². The highest BCUT2D eigenvalue weighted by atomic mass is 28.2. The van der Waals surface area contributed by atoms with Crippen LogP contribution >= 0.6 is 0 Å². The molecule has 60 valence electrons. The molecular weight excluding hydrogens is 136 g/mol. The maximum Gasteiger partial charge on any atom is 0.0231 e. The minimum atomic E-state index is 0.366. The van der Waals surface area contributed by atoms with E-state index in [1.165, 1.54) is 18.4 Å². The third-order valence-electron chi connectivity index (χ3n) is 2.69. The first-order valence-electron chi connectivity index (χ1n) is 4.93. The SMILES string of the molecule is CCC[SiH2]C1CCCCC1. The molecule has 0 aliphatic heterocycles. The maximum absolute atomic E-state index is 2.33. The van der Waals surface area contributed by atoms with Crippen molar-refractivity contribution in [3.63, 3.8) is 0 Å². The van der Waals surface area contributed by atoms with Crippen molar-refractivity contribution in [2.45, 2.75) is 57.0 Å². The molecule has 1 saturated carbocycles. The van der Waals surface area contributed by atoms with Crippen LogP contribution in [0, 0.1) is 0 Å². The molecule has 0 unspecified atom stereocenters. The van der Waals surface area contributed by atoms with Crippen LogP contribution in [-0.4, -0.2) is 9.52 Å². The largest absolute Gasteiger partial charge is 0.0657 e. The zero-order valence-corrected chi connectivity index (χ0v) is 8.65. The molecule has 10 heavy (non-hydrogen) atoms. The summed E-state index contributed by atoms with van der Waals surface area (Å²) in [6, 6.07) is 1.60. The lowest BCUT2D eigenvalue weighted by Gasteiger charge is -2.20. The highest BCUT2D eigenvalue weighted by molar-refractivity contribution is 6.37. The fourth-order valence-corrected chi connectivity index (χ4v) is 4.11. The van der Waals surface area contributed by atoms with Crippen LogP contribution in [-0.2, 0) is 0 Å². The van der Waals surface area contributed by atoms with Crippen molar-refractivity contribution < 1.29 is 0 Å². The molecule has 0 bridgehead atoms. The number of rotatable bonds is 3. The van der Waals surface area contributed by atoms with Gasteiger partial charge >= 0.3 is 0 Å². The quantitative estimate of drug-likeness (QED) is 0.551. The first-order chi connectivity index (χ1) is 4.93. The Labute approximate surface area is 67.2 Å². The summed E-state index contributed by atoms with van der Waals surface area (Å²) in [4.78, 5) is 0. The summed E-state index contributed by atoms with van der Waals surface area (Å²) in [7, 11) is 0.366. The number of hydrogen-bond acceptors (Lipinski definition) is 0. The molecule has 1 aliphatic carbocycles. The Morgan fingerprint density at radius 1 is 1.20 bits per heavy atom. The smallest absolute Gasteiger partial charge is 0.0231 e. The Morgan fingerprint density at radius 3 is 2.50 bits per heavy atom. The third kappa shape index (κ3) is 2.87. The summed E-state index contributed by atoms with van der Waals surface area (Å²) in [5, 5.41) is 0. The molecule has 1 rings (SSSR count). The summed E-state index contributed by atoms with van der Waals surface area (Å²) in [6.45, 7) is 2.33. The molecule has 0 spiro atoms. The van der Waals surface area contributed by atoms with Gasteiger partial charge in [0, 0.05) is 9.52 Å². The van der Waals surface area contributed by atoms with Crippen molar-refractivity contribution in [3.05, 3.63) is 0 Å². The lowest BCUT2D eigenvalue weighted by Crippen LogP contribution is -2.07. The van der Waals surface area contributed by atoms with Crippen LogP contribution in [0.2, 0.25) is 11.6 Å². The topological polar surface area (TPSA) is 0 Å². The van der Waals surface area contributed by atoms with E-state index in [1.807, 2.05) is 0 Å². The van der Waals surface area contributed by atoms with Gasteiger partial charge in [0.05, 0.1) is 0 Å². The zero-order valence-electron chi connectivity index (χ0n) is 7.23. The van der Waals surface area contributed by atoms with E-state index in [9.17, 15) is 0 Å². The second-order valence-electron chi connectivity index (χ2n) is 3.65. The molecule has 0 heterocycles. The second kappa shape index (κ2) is 4.95. The van der Waals surface area contributed by atoms with Crippen molar-refractivity contribution in [1.29, 1.82) is 0 Å². The van der Waals surface area contributed by atoms with Gasteiger partial charge in [0.15, 0.2) is 0 Å². The predicted molar refractivity (Wildman–Crippen MR) is 50.5 cm³/mol. The standard InChI is InChI=1S/C9H20Si/c1-2-8-10-9-6-4-3-5-7-9/h9H,2-8,10H2,1H3. The molecule has 1 fully saturated rings. The molecule has 0 N–H and O–H groups in total. The monoisotopic (exact) mass is 156 g/mol. The van der Waals surface area contributed by atoms with E-state index in [0.29, 0.717) is 9.52 Å². The minimum absolute atomic E-state index is 0.366. The van der Waals surface area contributed by atoms with Crippen LogP contribution in [0.3, 0.4) is 0 Å². The van der Waals surface area contributed by atoms with Crippen molar-refractivity contribution >= 4 is 9.52 Å². The Kier molecular flexibility index (Phi) is 4.11. The van der Waals surface area contributed by atoms with Gasteiger partial charge in [-0.2, -0.15) is 0 Å². The van der Waals surface area contributed by atoms with E-state index in [1.54, 1.807) is 31.7 Å². The molecule has 0 aromatic carbocycles. The van der Waals surface area contributed by atoms with Gasteiger partial charge in [-0.15, -0.1) is 0 Å². The zero-order chi connectivity index (χ0) is 7.23. The van der Waals surface area contributed by atoms with Gasteiger partial charge in [0.25, 0.3) is 0 Å². The predicted octanol–water partition coefficient (Wildman–Crippen LogP) is 2.74. The van der Waals surface area contributed by atoms with Gasteiger partial charge < -0.3 is 0 Å². The molecule has 0 radical (unpaired) electrons. The number of hydrogen-bond donors (Lipinski definition) is 0. The molecule has 0 saturated heterocycles. The van der Waals surface area contributed by atoms with E-state index in [4.69, 9.17) is 0 Å². The average molecular weight is 156 g/mol. The third-order valence-corrected chi connectivity index (χ3v) is 5.44. The van der Waals surface area contributed by atoms with Gasteiger partial charge in [-0.1, -0.05) is 57.0 Å². The van der Waals surface area contributed by atoms with E-state index in [2.05, 4.69) is 6.92 Å². The highest BCUT2D eigenvalue weighted by Crippen LogP contribution is 2.28. The summed E-state index contributed by atoms with van der Waals surface area (Å²) < 4.78 is 0. The van der Waals surface area contributed by atoms with Crippen molar-refractivity contribution in [3.8, 4) is 0 Å². The molecule has 0 aromatic rings. The second-order valence-corrected chi connectivity index (χ2v) is 6.09. The maximum atomic E-state index is 2.33. The Bertz CT molecular complexity index is 74.8. The van der Waals surface area contributed by atoms with Crippen LogP contribution < -0.4 is 0 Å². The van der Waals surface area contributed by atoms with E-state index in [-0.39, 0.29) is 0 Å². The van der Waals surface area contributed by atoms with Gasteiger partial charge in [0.2, 0.25) is 0 Å². The first-order valence-corrected chi connectivity index (χ1v) is 6.75. The molecule has 1 heteroatoms. The minimum Gasteiger partial charge on any atom is -0.0657 e. The fourth-order valence-electron chi connectivity index (χ4n) is 1.97. The van der Waals surface area contributed by atoms with Crippen molar-refractivity contribution in [2.24, 2.45) is 0 Å². The van der Waals surface area contributed by atoms with E-state index in [0.717, 1.165) is 0 Å². The summed E-state index contributed by atoms with van der Waals surface area (Å²) in [6.07, 6.45) is 9.24. The van der Waals surface area contributed by atoms with Crippen LogP contribution in [0.15, 0.2) is 0 Å². The Balaban J connectivity index is 2.02. The van der Waals surface area contributed by atoms with Crippen LogP contribution in [0.5, 0.6) is 0 Å². The average Bonchev–Trinajstić information content (AvgIpc) is 2.03. The Morgan fingerprint density at radius 2 is 1.90 bits per heavy atom. The molecule has 0 aromatic heterocycles. The van der Waals surface area contributed by atoms with Crippen molar-refractivity contribution in [1.82, 2.24) is 0 Å². The molecular formula is C9H20Si. The molecule has 1 aliphatic rings. The summed E-state index contributed by atoms with van der Waals surface area (Å²) >= 11 is 0.